The highest BCUT2D eigenvalue weighted by Gasteiger charge is 2.18. The summed E-state index contributed by atoms with van der Waals surface area (Å²) >= 11 is 0. The predicted molar refractivity (Wildman–Crippen MR) is 81.7 cm³/mol. The molecule has 0 heterocycles. The van der Waals surface area contributed by atoms with Crippen molar-refractivity contribution < 1.29 is 9.59 Å². The van der Waals surface area contributed by atoms with Crippen molar-refractivity contribution in [1.82, 2.24) is 5.32 Å². The Morgan fingerprint density at radius 1 is 1.05 bits per heavy atom. The molecular formula is C15H23N3O2. The highest BCUT2D eigenvalue weighted by molar-refractivity contribution is 5.89. The molecule has 0 fully saturated rings. The van der Waals surface area contributed by atoms with Crippen molar-refractivity contribution in [3.8, 4) is 0 Å². The smallest absolute Gasteiger partial charge is 0.242 e. The van der Waals surface area contributed by atoms with Crippen molar-refractivity contribution in [3.63, 3.8) is 0 Å². The molecule has 0 spiro atoms. The molecule has 1 aromatic carbocycles. The maximum atomic E-state index is 11.9. The SMILES string of the molecule is CC(=O)Nc1ccc(N[C@H](C)C(=O)NC(C)(C)C)cc1. The second-order valence-electron chi connectivity index (χ2n) is 5.86. The van der Waals surface area contributed by atoms with Crippen LogP contribution in [0, 0.1) is 0 Å². The standard InChI is InChI=1S/C15H23N3O2/c1-10(14(20)18-15(3,4)5)16-12-6-8-13(9-7-12)17-11(2)19/h6-10,16H,1-5H3,(H,17,19)(H,18,20)/t10-/m1/s1. The third-order valence-corrected chi connectivity index (χ3v) is 2.48. The van der Waals surface area contributed by atoms with E-state index in [4.69, 9.17) is 0 Å². The van der Waals surface area contributed by atoms with Crippen molar-refractivity contribution in [2.24, 2.45) is 0 Å². The minimum Gasteiger partial charge on any atom is -0.374 e. The molecule has 0 aliphatic heterocycles. The van der Waals surface area contributed by atoms with Gasteiger partial charge in [-0.25, -0.2) is 0 Å². The zero-order valence-electron chi connectivity index (χ0n) is 12.7. The summed E-state index contributed by atoms with van der Waals surface area (Å²) in [5.74, 6) is -0.160. The van der Waals surface area contributed by atoms with E-state index < -0.39 is 0 Å². The molecule has 1 aromatic rings. The van der Waals surface area contributed by atoms with E-state index in [2.05, 4.69) is 16.0 Å². The molecule has 0 aromatic heterocycles. The van der Waals surface area contributed by atoms with Gasteiger partial charge in [-0.3, -0.25) is 9.59 Å². The number of hydrogen-bond donors (Lipinski definition) is 3. The zero-order valence-corrected chi connectivity index (χ0v) is 12.7. The molecule has 5 nitrogen and oxygen atoms in total. The first-order chi connectivity index (χ1) is 9.17. The van der Waals surface area contributed by atoms with Crippen LogP contribution >= 0.6 is 0 Å². The van der Waals surface area contributed by atoms with Gasteiger partial charge in [0.2, 0.25) is 11.8 Å². The Balaban J connectivity index is 2.60. The van der Waals surface area contributed by atoms with Crippen molar-refractivity contribution in [2.45, 2.75) is 46.2 Å². The number of nitrogens with one attached hydrogen (secondary N) is 3. The minimum atomic E-state index is -0.333. The van der Waals surface area contributed by atoms with E-state index in [1.165, 1.54) is 6.92 Å². The van der Waals surface area contributed by atoms with Gasteiger partial charge in [-0.05, 0) is 52.0 Å². The molecule has 0 saturated carbocycles. The summed E-state index contributed by atoms with van der Waals surface area (Å²) in [6, 6.07) is 6.90. The average Bonchev–Trinajstić information content (AvgIpc) is 2.28. The normalized spacial score (nSPS) is 12.4. The van der Waals surface area contributed by atoms with Crippen molar-refractivity contribution in [2.75, 3.05) is 10.6 Å². The first kappa shape index (κ1) is 16.0. The molecule has 1 atom stereocenters. The lowest BCUT2D eigenvalue weighted by Crippen LogP contribution is -2.47. The molecule has 5 heteroatoms. The van der Waals surface area contributed by atoms with Crippen LogP contribution in [-0.2, 0) is 9.59 Å². The van der Waals surface area contributed by atoms with Crippen LogP contribution in [-0.4, -0.2) is 23.4 Å². The Bertz CT molecular complexity index is 475. The van der Waals surface area contributed by atoms with Gasteiger partial charge in [-0.1, -0.05) is 0 Å². The second kappa shape index (κ2) is 6.41. The van der Waals surface area contributed by atoms with Gasteiger partial charge < -0.3 is 16.0 Å². The van der Waals surface area contributed by atoms with Gasteiger partial charge in [0.05, 0.1) is 0 Å². The number of rotatable bonds is 4. The van der Waals surface area contributed by atoms with E-state index in [-0.39, 0.29) is 23.4 Å². The molecule has 3 N–H and O–H groups in total. The maximum Gasteiger partial charge on any atom is 0.242 e. The molecule has 0 saturated heterocycles. The average molecular weight is 277 g/mol. The van der Waals surface area contributed by atoms with Crippen molar-refractivity contribution in [1.29, 1.82) is 0 Å². The molecule has 0 aliphatic carbocycles. The minimum absolute atomic E-state index is 0.0524. The molecular weight excluding hydrogens is 254 g/mol. The van der Waals surface area contributed by atoms with E-state index in [1.54, 1.807) is 12.1 Å². The first-order valence-corrected chi connectivity index (χ1v) is 6.63. The third-order valence-electron chi connectivity index (χ3n) is 2.48. The maximum absolute atomic E-state index is 11.9. The molecule has 0 radical (unpaired) electrons. The highest BCUT2D eigenvalue weighted by Crippen LogP contribution is 2.14. The molecule has 1 rings (SSSR count). The third kappa shape index (κ3) is 5.73. The fraction of sp³-hybridized carbons (Fsp3) is 0.467. The number of amides is 2. The van der Waals surface area contributed by atoms with Gasteiger partial charge in [0.1, 0.15) is 6.04 Å². The van der Waals surface area contributed by atoms with Crippen LogP contribution in [0.15, 0.2) is 24.3 Å². The molecule has 0 bridgehead atoms. The number of anilines is 2. The largest absolute Gasteiger partial charge is 0.374 e. The lowest BCUT2D eigenvalue weighted by atomic mass is 10.1. The lowest BCUT2D eigenvalue weighted by molar-refractivity contribution is -0.123. The van der Waals surface area contributed by atoms with Crippen molar-refractivity contribution >= 4 is 23.2 Å². The molecule has 0 unspecified atom stereocenters. The first-order valence-electron chi connectivity index (χ1n) is 6.63. The zero-order chi connectivity index (χ0) is 15.3. The summed E-state index contributed by atoms with van der Waals surface area (Å²) in [6.45, 7) is 9.10. The van der Waals surface area contributed by atoms with Crippen molar-refractivity contribution in [3.05, 3.63) is 24.3 Å². The van der Waals surface area contributed by atoms with Gasteiger partial charge in [-0.2, -0.15) is 0 Å². The molecule has 0 aliphatic rings. The molecule has 20 heavy (non-hydrogen) atoms. The Morgan fingerprint density at radius 2 is 1.55 bits per heavy atom. The van der Waals surface area contributed by atoms with E-state index in [0.717, 1.165) is 11.4 Å². The predicted octanol–water partition coefficient (Wildman–Crippen LogP) is 2.36. The second-order valence-corrected chi connectivity index (χ2v) is 5.86. The summed E-state index contributed by atoms with van der Waals surface area (Å²) in [6.07, 6.45) is 0. The number of carbonyl (C=O) groups excluding carboxylic acids is 2. The number of carbonyl (C=O) groups is 2. The van der Waals surface area contributed by atoms with Crippen LogP contribution in [0.25, 0.3) is 0 Å². The van der Waals surface area contributed by atoms with Gasteiger partial charge in [-0.15, -0.1) is 0 Å². The van der Waals surface area contributed by atoms with Crippen LogP contribution in [0.3, 0.4) is 0 Å². The fourth-order valence-corrected chi connectivity index (χ4v) is 1.65. The summed E-state index contributed by atoms with van der Waals surface area (Å²) in [4.78, 5) is 22.9. The summed E-state index contributed by atoms with van der Waals surface area (Å²) in [7, 11) is 0. The van der Waals surface area contributed by atoms with E-state index >= 15 is 0 Å². The number of hydrogen-bond acceptors (Lipinski definition) is 3. The van der Waals surface area contributed by atoms with Gasteiger partial charge in [0.25, 0.3) is 0 Å². The monoisotopic (exact) mass is 277 g/mol. The number of benzene rings is 1. The van der Waals surface area contributed by atoms with Gasteiger partial charge in [0.15, 0.2) is 0 Å². The van der Waals surface area contributed by atoms with Crippen LogP contribution in [0.5, 0.6) is 0 Å². The van der Waals surface area contributed by atoms with Crippen LogP contribution in [0.4, 0.5) is 11.4 Å². The Morgan fingerprint density at radius 3 is 2.00 bits per heavy atom. The van der Waals surface area contributed by atoms with E-state index in [9.17, 15) is 9.59 Å². The van der Waals surface area contributed by atoms with Gasteiger partial charge in [0, 0.05) is 23.8 Å². The van der Waals surface area contributed by atoms with Crippen LogP contribution < -0.4 is 16.0 Å². The molecule has 110 valence electrons. The quantitative estimate of drug-likeness (QED) is 0.791. The van der Waals surface area contributed by atoms with Crippen LogP contribution in [0.1, 0.15) is 34.6 Å². The topological polar surface area (TPSA) is 70.2 Å². The van der Waals surface area contributed by atoms with E-state index in [1.807, 2.05) is 39.8 Å². The summed E-state index contributed by atoms with van der Waals surface area (Å²) < 4.78 is 0. The Kier molecular flexibility index (Phi) is 5.13. The highest BCUT2D eigenvalue weighted by atomic mass is 16.2. The van der Waals surface area contributed by atoms with Gasteiger partial charge >= 0.3 is 0 Å². The fourth-order valence-electron chi connectivity index (χ4n) is 1.65. The lowest BCUT2D eigenvalue weighted by Gasteiger charge is -2.24. The summed E-state index contributed by atoms with van der Waals surface area (Å²) in [5.41, 5.74) is 1.31. The van der Waals surface area contributed by atoms with Crippen LogP contribution in [0.2, 0.25) is 0 Å². The molecule has 2 amide bonds. The Labute approximate surface area is 120 Å². The summed E-state index contributed by atoms with van der Waals surface area (Å²) in [5, 5.41) is 8.73. The Hall–Kier alpha value is -2.04. The van der Waals surface area contributed by atoms with E-state index in [0.29, 0.717) is 0 Å².